The van der Waals surface area contributed by atoms with E-state index in [-0.39, 0.29) is 0 Å². The highest BCUT2D eigenvalue weighted by atomic mass is 15.0. The van der Waals surface area contributed by atoms with E-state index < -0.39 is 0 Å². The zero-order valence-electron chi connectivity index (χ0n) is 16.3. The second-order valence-electron chi connectivity index (χ2n) is 7.12. The van der Waals surface area contributed by atoms with Crippen LogP contribution in [-0.4, -0.2) is 4.57 Å². The van der Waals surface area contributed by atoms with Gasteiger partial charge in [0.05, 0.1) is 11.0 Å². The first-order chi connectivity index (χ1) is 13.6. The number of anilines is 1. The Morgan fingerprint density at radius 1 is 0.571 bits per heavy atom. The summed E-state index contributed by atoms with van der Waals surface area (Å²) in [7, 11) is 0. The molecule has 0 saturated heterocycles. The van der Waals surface area contributed by atoms with Gasteiger partial charge in [-0.1, -0.05) is 66.2 Å². The van der Waals surface area contributed by atoms with Crippen molar-refractivity contribution in [2.24, 2.45) is 0 Å². The molecule has 0 spiro atoms. The summed E-state index contributed by atoms with van der Waals surface area (Å²) in [6, 6.07) is 33.4. The Labute approximate surface area is 165 Å². The molecule has 0 aliphatic heterocycles. The van der Waals surface area contributed by atoms with Gasteiger partial charge in [0.1, 0.15) is 0 Å². The fourth-order valence-electron chi connectivity index (χ4n) is 3.57. The third-order valence-electron chi connectivity index (χ3n) is 4.90. The normalized spacial score (nSPS) is 10.6. The highest BCUT2D eigenvalue weighted by molar-refractivity contribution is 6.10. The van der Waals surface area contributed by atoms with Crippen molar-refractivity contribution < 1.29 is 0 Å². The Hall–Kier alpha value is -3.52. The van der Waals surface area contributed by atoms with Crippen molar-refractivity contribution >= 4 is 27.5 Å². The number of para-hydroxylation sites is 1. The maximum absolute atomic E-state index is 5.98. The third kappa shape index (κ3) is 3.49. The number of hydrogen-bond donors (Lipinski definition) is 1. The topological polar surface area (TPSA) is 30.9 Å². The Bertz CT molecular complexity index is 1230. The van der Waals surface area contributed by atoms with Gasteiger partial charge in [-0.05, 0) is 55.8 Å². The monoisotopic (exact) mass is 364 g/mol. The van der Waals surface area contributed by atoms with Gasteiger partial charge >= 0.3 is 0 Å². The van der Waals surface area contributed by atoms with Gasteiger partial charge in [-0.2, -0.15) is 0 Å². The van der Waals surface area contributed by atoms with Crippen LogP contribution in [-0.2, 0) is 0 Å². The molecule has 4 aromatic carbocycles. The second kappa shape index (κ2) is 7.61. The van der Waals surface area contributed by atoms with Crippen LogP contribution in [0.5, 0.6) is 0 Å². The molecule has 138 valence electrons. The number of rotatable bonds is 1. The van der Waals surface area contributed by atoms with Crippen molar-refractivity contribution in [3.8, 4) is 5.69 Å². The molecule has 0 unspecified atom stereocenters. The summed E-state index contributed by atoms with van der Waals surface area (Å²) < 4.78 is 2.30. The quantitative estimate of drug-likeness (QED) is 0.331. The van der Waals surface area contributed by atoms with E-state index in [2.05, 4.69) is 91.2 Å². The predicted molar refractivity (Wildman–Crippen MR) is 121 cm³/mol. The van der Waals surface area contributed by atoms with Crippen LogP contribution >= 0.6 is 0 Å². The van der Waals surface area contributed by atoms with Crippen LogP contribution in [0.4, 0.5) is 5.69 Å². The summed E-state index contributed by atoms with van der Waals surface area (Å²) in [5, 5.41) is 2.44. The van der Waals surface area contributed by atoms with Crippen molar-refractivity contribution in [1.29, 1.82) is 0 Å². The molecule has 0 radical (unpaired) electrons. The van der Waals surface area contributed by atoms with Gasteiger partial charge in [0.25, 0.3) is 0 Å². The number of nitrogens with zero attached hydrogens (tertiary/aromatic N) is 1. The summed E-state index contributed by atoms with van der Waals surface area (Å²) in [6.45, 7) is 4.20. The first-order valence-electron chi connectivity index (χ1n) is 9.51. The van der Waals surface area contributed by atoms with Crippen LogP contribution in [0, 0.1) is 13.8 Å². The minimum Gasteiger partial charge on any atom is -0.399 e. The minimum absolute atomic E-state index is 0.801. The molecular formula is C26H24N2. The molecule has 2 heteroatoms. The van der Waals surface area contributed by atoms with E-state index in [1.54, 1.807) is 0 Å². The van der Waals surface area contributed by atoms with Crippen molar-refractivity contribution in [2.75, 3.05) is 5.73 Å². The van der Waals surface area contributed by atoms with Gasteiger partial charge in [0.2, 0.25) is 0 Å². The van der Waals surface area contributed by atoms with Gasteiger partial charge in [-0.3, -0.25) is 0 Å². The van der Waals surface area contributed by atoms with Crippen LogP contribution < -0.4 is 5.73 Å². The fraction of sp³-hybridized carbons (Fsp3) is 0.0769. The smallest absolute Gasteiger partial charge is 0.0542 e. The molecule has 0 atom stereocenters. The van der Waals surface area contributed by atoms with E-state index >= 15 is 0 Å². The maximum atomic E-state index is 5.98. The highest BCUT2D eigenvalue weighted by Gasteiger charge is 2.11. The second-order valence-corrected chi connectivity index (χ2v) is 7.12. The summed E-state index contributed by atoms with van der Waals surface area (Å²) >= 11 is 0. The molecule has 0 saturated carbocycles. The van der Waals surface area contributed by atoms with Crippen LogP contribution in [0.2, 0.25) is 0 Å². The Morgan fingerprint density at radius 2 is 1.25 bits per heavy atom. The van der Waals surface area contributed by atoms with E-state index in [1.807, 2.05) is 24.3 Å². The molecule has 28 heavy (non-hydrogen) atoms. The largest absolute Gasteiger partial charge is 0.399 e. The van der Waals surface area contributed by atoms with Crippen LogP contribution in [0.3, 0.4) is 0 Å². The lowest BCUT2D eigenvalue weighted by atomic mass is 10.1. The Morgan fingerprint density at radius 3 is 1.96 bits per heavy atom. The summed E-state index contributed by atoms with van der Waals surface area (Å²) in [4.78, 5) is 0. The van der Waals surface area contributed by atoms with Gasteiger partial charge in [-0.15, -0.1) is 0 Å². The lowest BCUT2D eigenvalue weighted by Gasteiger charge is -2.08. The summed E-state index contributed by atoms with van der Waals surface area (Å²) in [6.07, 6.45) is 0. The van der Waals surface area contributed by atoms with Crippen molar-refractivity contribution in [3.63, 3.8) is 0 Å². The van der Waals surface area contributed by atoms with E-state index in [4.69, 9.17) is 5.73 Å². The van der Waals surface area contributed by atoms with Crippen LogP contribution in [0.15, 0.2) is 97.1 Å². The average Bonchev–Trinajstić information content (AvgIpc) is 3.03. The molecule has 5 rings (SSSR count). The van der Waals surface area contributed by atoms with Crippen molar-refractivity contribution in [3.05, 3.63) is 108 Å². The standard InChI is InChI=1S/C19H16N2.C7H8/c1-13-5-4-6-15(11-13)21-18-8-3-2-7-16(18)17-12-14(20)9-10-19(17)21;1-7-5-3-2-4-6-7/h2-12H,20H2,1H3;2-6H,1H3. The number of aryl methyl sites for hydroxylation is 2. The number of nitrogen functional groups attached to an aromatic ring is 1. The number of fused-ring (bicyclic) bond motifs is 3. The molecular weight excluding hydrogens is 340 g/mol. The first kappa shape index (κ1) is 17.9. The summed E-state index contributed by atoms with van der Waals surface area (Å²) in [5.74, 6) is 0. The Balaban J connectivity index is 0.000000233. The van der Waals surface area contributed by atoms with E-state index in [0.717, 1.165) is 5.69 Å². The molecule has 2 nitrogen and oxygen atoms in total. The fourth-order valence-corrected chi connectivity index (χ4v) is 3.57. The van der Waals surface area contributed by atoms with Gasteiger partial charge < -0.3 is 10.3 Å². The van der Waals surface area contributed by atoms with Crippen LogP contribution in [0.25, 0.3) is 27.5 Å². The zero-order valence-corrected chi connectivity index (χ0v) is 16.3. The molecule has 1 aromatic heterocycles. The third-order valence-corrected chi connectivity index (χ3v) is 4.90. The van der Waals surface area contributed by atoms with E-state index in [1.165, 1.54) is 38.6 Å². The molecule has 0 fully saturated rings. The molecule has 2 N–H and O–H groups in total. The Kier molecular flexibility index (Phi) is 4.86. The predicted octanol–water partition coefficient (Wildman–Crippen LogP) is 6.67. The highest BCUT2D eigenvalue weighted by Crippen LogP contribution is 2.33. The molecule has 5 aromatic rings. The van der Waals surface area contributed by atoms with Crippen molar-refractivity contribution in [2.45, 2.75) is 13.8 Å². The number of hydrogen-bond acceptors (Lipinski definition) is 1. The van der Waals surface area contributed by atoms with Gasteiger partial charge in [-0.25, -0.2) is 0 Å². The maximum Gasteiger partial charge on any atom is 0.0542 e. The lowest BCUT2D eigenvalue weighted by Crippen LogP contribution is -1.94. The SMILES string of the molecule is Cc1cccc(-n2c3ccccc3c3cc(N)ccc32)c1.Cc1ccccc1. The molecule has 1 heterocycles. The van der Waals surface area contributed by atoms with E-state index in [9.17, 15) is 0 Å². The molecule has 0 bridgehead atoms. The first-order valence-corrected chi connectivity index (χ1v) is 9.51. The van der Waals surface area contributed by atoms with E-state index in [0.29, 0.717) is 0 Å². The van der Waals surface area contributed by atoms with Crippen molar-refractivity contribution in [1.82, 2.24) is 4.57 Å². The number of nitrogens with two attached hydrogens (primary N) is 1. The minimum atomic E-state index is 0.801. The molecule has 0 amide bonds. The lowest BCUT2D eigenvalue weighted by molar-refractivity contribution is 1.17. The number of benzene rings is 4. The average molecular weight is 364 g/mol. The number of aromatic nitrogens is 1. The van der Waals surface area contributed by atoms with Crippen LogP contribution in [0.1, 0.15) is 11.1 Å². The molecule has 0 aliphatic rings. The van der Waals surface area contributed by atoms with Gasteiger partial charge in [0, 0.05) is 22.1 Å². The molecule has 0 aliphatic carbocycles. The van der Waals surface area contributed by atoms with Gasteiger partial charge in [0.15, 0.2) is 0 Å². The summed E-state index contributed by atoms with van der Waals surface area (Å²) in [5.41, 5.74) is 12.9. The zero-order chi connectivity index (χ0) is 19.5.